The minimum absolute atomic E-state index is 0.0401. The average molecular weight is 345 g/mol. The number of carbonyl (C=O) groups excluding carboxylic acids is 2. The van der Waals surface area contributed by atoms with Crippen molar-refractivity contribution in [2.24, 2.45) is 5.92 Å². The maximum atomic E-state index is 12.1. The largest absolute Gasteiger partial charge is 0.391 e. The number of nitrogens with one attached hydrogen (secondary N) is 3. The molecule has 0 radical (unpaired) electrons. The number of rotatable bonds is 5. The van der Waals surface area contributed by atoms with Crippen molar-refractivity contribution in [3.05, 3.63) is 52.2 Å². The molecule has 7 heteroatoms. The van der Waals surface area contributed by atoms with E-state index in [0.29, 0.717) is 35.8 Å². The summed E-state index contributed by atoms with van der Waals surface area (Å²) in [5.74, 6) is -0.312. The van der Waals surface area contributed by atoms with Crippen LogP contribution in [0.15, 0.2) is 41.8 Å². The Hall–Kier alpha value is -2.22. The number of β-amino-alcohol motifs (C(OH)–C–C–N with tert-alkyl or cyclic N) is 1. The topological polar surface area (TPSA) is 90.5 Å². The summed E-state index contributed by atoms with van der Waals surface area (Å²) < 4.78 is 0. The third-order valence-corrected chi connectivity index (χ3v) is 4.85. The Morgan fingerprint density at radius 1 is 1.17 bits per heavy atom. The molecule has 0 aliphatic carbocycles. The van der Waals surface area contributed by atoms with Crippen molar-refractivity contribution >= 4 is 28.8 Å². The third kappa shape index (κ3) is 4.00. The third-order valence-electron chi connectivity index (χ3n) is 3.98. The van der Waals surface area contributed by atoms with Crippen molar-refractivity contribution in [1.82, 2.24) is 10.6 Å². The van der Waals surface area contributed by atoms with Crippen molar-refractivity contribution in [1.29, 1.82) is 0 Å². The van der Waals surface area contributed by atoms with E-state index in [-0.39, 0.29) is 17.7 Å². The first-order chi connectivity index (χ1) is 11.6. The van der Waals surface area contributed by atoms with Gasteiger partial charge in [0, 0.05) is 36.8 Å². The van der Waals surface area contributed by atoms with E-state index in [1.807, 2.05) is 11.4 Å². The second-order valence-corrected chi connectivity index (χ2v) is 6.65. The molecule has 2 heterocycles. The fourth-order valence-corrected chi connectivity index (χ4v) is 3.18. The number of hydrogen-bond acceptors (Lipinski definition) is 5. The van der Waals surface area contributed by atoms with E-state index in [1.165, 1.54) is 11.3 Å². The first kappa shape index (κ1) is 16.6. The van der Waals surface area contributed by atoms with E-state index in [1.54, 1.807) is 30.3 Å². The highest BCUT2D eigenvalue weighted by Gasteiger charge is 2.25. The second kappa shape index (κ2) is 7.57. The predicted molar refractivity (Wildman–Crippen MR) is 93.4 cm³/mol. The lowest BCUT2D eigenvalue weighted by Crippen LogP contribution is -2.34. The summed E-state index contributed by atoms with van der Waals surface area (Å²) in [6.45, 7) is 1.71. The maximum Gasteiger partial charge on any atom is 0.265 e. The van der Waals surface area contributed by atoms with Crippen molar-refractivity contribution < 1.29 is 14.7 Å². The Labute approximate surface area is 143 Å². The molecule has 3 rings (SSSR count). The lowest BCUT2D eigenvalue weighted by atomic mass is 10.1. The minimum atomic E-state index is -0.417. The smallest absolute Gasteiger partial charge is 0.265 e. The first-order valence-electron chi connectivity index (χ1n) is 7.75. The van der Waals surface area contributed by atoms with Crippen molar-refractivity contribution in [2.75, 3.05) is 25.0 Å². The number of aliphatic hydroxyl groups is 1. The summed E-state index contributed by atoms with van der Waals surface area (Å²) in [6, 6.07) is 10.3. The molecular weight excluding hydrogens is 326 g/mol. The summed E-state index contributed by atoms with van der Waals surface area (Å²) in [6.07, 6.45) is -0.417. The van der Waals surface area contributed by atoms with Crippen LogP contribution < -0.4 is 16.0 Å². The average Bonchev–Trinajstić information content (AvgIpc) is 3.25. The Kier molecular flexibility index (Phi) is 5.24. The Morgan fingerprint density at radius 3 is 2.58 bits per heavy atom. The predicted octanol–water partition coefficient (Wildman–Crippen LogP) is 1.31. The van der Waals surface area contributed by atoms with Crippen LogP contribution in [0.4, 0.5) is 5.69 Å². The zero-order valence-electron chi connectivity index (χ0n) is 13.0. The molecule has 24 heavy (non-hydrogen) atoms. The summed E-state index contributed by atoms with van der Waals surface area (Å²) in [4.78, 5) is 24.7. The number of carbonyl (C=O) groups is 2. The Bertz CT molecular complexity index is 700. The van der Waals surface area contributed by atoms with Crippen molar-refractivity contribution in [3.8, 4) is 0 Å². The summed E-state index contributed by atoms with van der Waals surface area (Å²) in [5, 5.41) is 20.3. The van der Waals surface area contributed by atoms with Gasteiger partial charge in [-0.25, -0.2) is 0 Å². The molecule has 4 N–H and O–H groups in total. The highest BCUT2D eigenvalue weighted by Crippen LogP contribution is 2.14. The van der Waals surface area contributed by atoms with Gasteiger partial charge in [0.25, 0.3) is 11.8 Å². The Morgan fingerprint density at radius 2 is 1.96 bits per heavy atom. The monoisotopic (exact) mass is 345 g/mol. The molecule has 1 aliphatic rings. The molecular formula is C17H19N3O3S. The van der Waals surface area contributed by atoms with Gasteiger partial charge in [0.1, 0.15) is 0 Å². The summed E-state index contributed by atoms with van der Waals surface area (Å²) in [5.41, 5.74) is 1.16. The molecule has 1 saturated heterocycles. The molecule has 2 unspecified atom stereocenters. The van der Waals surface area contributed by atoms with Crippen LogP contribution in [-0.2, 0) is 0 Å². The van der Waals surface area contributed by atoms with Gasteiger partial charge in [-0.1, -0.05) is 6.07 Å². The molecule has 1 aromatic heterocycles. The standard InChI is InChI=1S/C17H19N3O3S/c21-14-10-18-8-12(14)9-19-16(22)11-3-5-13(6-4-11)20-17(23)15-2-1-7-24-15/h1-7,12,14,18,21H,8-10H2,(H,19,22)(H,20,23). The molecule has 6 nitrogen and oxygen atoms in total. The normalized spacial score (nSPS) is 19.9. The molecule has 126 valence electrons. The van der Waals surface area contributed by atoms with E-state index in [9.17, 15) is 14.7 Å². The van der Waals surface area contributed by atoms with Crippen molar-refractivity contribution in [2.45, 2.75) is 6.10 Å². The van der Waals surface area contributed by atoms with Gasteiger partial charge in [0.05, 0.1) is 11.0 Å². The molecule has 1 aliphatic heterocycles. The van der Waals surface area contributed by atoms with Gasteiger partial charge in [-0.2, -0.15) is 0 Å². The lowest BCUT2D eigenvalue weighted by Gasteiger charge is -2.14. The van der Waals surface area contributed by atoms with E-state index < -0.39 is 6.10 Å². The van der Waals surface area contributed by atoms with E-state index in [4.69, 9.17) is 0 Å². The van der Waals surface area contributed by atoms with Crippen LogP contribution in [0.3, 0.4) is 0 Å². The van der Waals surface area contributed by atoms with Gasteiger partial charge in [0.2, 0.25) is 0 Å². The number of amides is 2. The van der Waals surface area contributed by atoms with Gasteiger partial charge in [-0.05, 0) is 35.7 Å². The van der Waals surface area contributed by atoms with E-state index >= 15 is 0 Å². The fraction of sp³-hybridized carbons (Fsp3) is 0.294. The summed E-state index contributed by atoms with van der Waals surface area (Å²) >= 11 is 1.38. The number of thiophene rings is 1. The van der Waals surface area contributed by atoms with Gasteiger partial charge >= 0.3 is 0 Å². The van der Waals surface area contributed by atoms with Gasteiger partial charge in [-0.3, -0.25) is 9.59 Å². The van der Waals surface area contributed by atoms with Crippen LogP contribution in [0.5, 0.6) is 0 Å². The molecule has 2 amide bonds. The summed E-state index contributed by atoms with van der Waals surface area (Å²) in [7, 11) is 0. The van der Waals surface area contributed by atoms with Crippen molar-refractivity contribution in [3.63, 3.8) is 0 Å². The number of anilines is 1. The zero-order chi connectivity index (χ0) is 16.9. The minimum Gasteiger partial charge on any atom is -0.391 e. The highest BCUT2D eigenvalue weighted by atomic mass is 32.1. The first-order valence-corrected chi connectivity index (χ1v) is 8.63. The van der Waals surface area contributed by atoms with Crippen LogP contribution in [0, 0.1) is 5.92 Å². The van der Waals surface area contributed by atoms with Crippen LogP contribution in [0.2, 0.25) is 0 Å². The zero-order valence-corrected chi connectivity index (χ0v) is 13.8. The molecule has 1 fully saturated rings. The molecule has 1 aromatic carbocycles. The van der Waals surface area contributed by atoms with Crippen LogP contribution in [0.1, 0.15) is 20.0 Å². The molecule has 0 saturated carbocycles. The molecule has 0 bridgehead atoms. The second-order valence-electron chi connectivity index (χ2n) is 5.70. The fourth-order valence-electron chi connectivity index (χ4n) is 2.56. The molecule has 2 atom stereocenters. The quantitative estimate of drug-likeness (QED) is 0.658. The number of aliphatic hydroxyl groups excluding tert-OH is 1. The lowest BCUT2D eigenvalue weighted by molar-refractivity contribution is 0.0926. The highest BCUT2D eigenvalue weighted by molar-refractivity contribution is 7.12. The maximum absolute atomic E-state index is 12.1. The Balaban J connectivity index is 1.53. The van der Waals surface area contributed by atoms with Crippen LogP contribution in [0.25, 0.3) is 0 Å². The van der Waals surface area contributed by atoms with Gasteiger partial charge < -0.3 is 21.1 Å². The van der Waals surface area contributed by atoms with Gasteiger partial charge in [-0.15, -0.1) is 11.3 Å². The number of benzene rings is 1. The van der Waals surface area contributed by atoms with E-state index in [0.717, 1.165) is 0 Å². The van der Waals surface area contributed by atoms with Gasteiger partial charge in [0.15, 0.2) is 0 Å². The van der Waals surface area contributed by atoms with Crippen LogP contribution in [-0.4, -0.2) is 42.7 Å². The SMILES string of the molecule is O=C(NCC1CNCC1O)c1ccc(NC(=O)c2cccs2)cc1. The van der Waals surface area contributed by atoms with E-state index in [2.05, 4.69) is 16.0 Å². The molecule has 0 spiro atoms. The molecule has 2 aromatic rings. The number of hydrogen-bond donors (Lipinski definition) is 4. The van der Waals surface area contributed by atoms with Crippen LogP contribution >= 0.6 is 11.3 Å².